The quantitative estimate of drug-likeness (QED) is 0.862. The van der Waals surface area contributed by atoms with Crippen LogP contribution in [0.3, 0.4) is 0 Å². The Morgan fingerprint density at radius 2 is 1.90 bits per heavy atom. The van der Waals surface area contributed by atoms with Gasteiger partial charge in [-0.25, -0.2) is 13.6 Å². The van der Waals surface area contributed by atoms with E-state index in [9.17, 15) is 18.7 Å². The van der Waals surface area contributed by atoms with Crippen molar-refractivity contribution in [3.63, 3.8) is 0 Å². The average Bonchev–Trinajstić information content (AvgIpc) is 2.34. The normalized spacial score (nSPS) is 22.1. The van der Waals surface area contributed by atoms with Crippen LogP contribution in [0.15, 0.2) is 30.0 Å². The summed E-state index contributed by atoms with van der Waals surface area (Å²) in [6.45, 7) is 3.77. The minimum Gasteiger partial charge on any atom is -0.512 e. The van der Waals surface area contributed by atoms with Crippen molar-refractivity contribution in [2.75, 3.05) is 0 Å². The van der Waals surface area contributed by atoms with Crippen molar-refractivity contribution in [1.29, 1.82) is 0 Å². The number of aliphatic hydroxyl groups excluding tert-OH is 1. The molecule has 1 unspecified atom stereocenters. The van der Waals surface area contributed by atoms with Gasteiger partial charge in [0.1, 0.15) is 23.0 Å². The predicted molar refractivity (Wildman–Crippen MR) is 73.7 cm³/mol. The van der Waals surface area contributed by atoms with Crippen molar-refractivity contribution >= 4 is 5.97 Å². The monoisotopic (exact) mass is 296 g/mol. The summed E-state index contributed by atoms with van der Waals surface area (Å²) in [5.74, 6) is -1.90. The molecule has 0 fully saturated rings. The van der Waals surface area contributed by atoms with Crippen LogP contribution in [0.5, 0.6) is 0 Å². The van der Waals surface area contributed by atoms with Gasteiger partial charge in [0.2, 0.25) is 0 Å². The number of benzene rings is 1. The summed E-state index contributed by atoms with van der Waals surface area (Å²) in [5, 5.41) is 9.69. The van der Waals surface area contributed by atoms with Crippen molar-refractivity contribution in [3.8, 4) is 0 Å². The van der Waals surface area contributed by atoms with E-state index >= 15 is 0 Å². The van der Waals surface area contributed by atoms with Gasteiger partial charge < -0.3 is 9.84 Å². The number of rotatable bonds is 4. The molecule has 1 aliphatic rings. The molecule has 0 bridgehead atoms. The zero-order valence-corrected chi connectivity index (χ0v) is 12.0. The third-order valence-corrected chi connectivity index (χ3v) is 3.88. The molecular weight excluding hydrogens is 278 g/mol. The van der Waals surface area contributed by atoms with Crippen molar-refractivity contribution in [3.05, 3.63) is 47.2 Å². The first-order chi connectivity index (χ1) is 9.80. The first-order valence-corrected chi connectivity index (χ1v) is 6.88. The average molecular weight is 296 g/mol. The fourth-order valence-corrected chi connectivity index (χ4v) is 2.62. The van der Waals surface area contributed by atoms with E-state index in [1.807, 2.05) is 13.8 Å². The van der Waals surface area contributed by atoms with E-state index in [4.69, 9.17) is 4.74 Å². The molecule has 0 aromatic heterocycles. The molecule has 3 nitrogen and oxygen atoms in total. The van der Waals surface area contributed by atoms with E-state index in [1.54, 1.807) is 0 Å². The molecule has 0 amide bonds. The standard InChI is InChI=1S/C16H18F2O3/c1-10(2)16(9-14(19)8-15(20)21-16)4-3-11-5-12(17)7-13(18)6-11/h5-8,10,19H,3-4,9H2,1-2H3. The van der Waals surface area contributed by atoms with Crippen molar-refractivity contribution < 1.29 is 23.4 Å². The molecule has 1 atom stereocenters. The topological polar surface area (TPSA) is 46.5 Å². The van der Waals surface area contributed by atoms with Crippen molar-refractivity contribution in [2.45, 2.75) is 38.7 Å². The zero-order valence-electron chi connectivity index (χ0n) is 12.0. The van der Waals surface area contributed by atoms with Gasteiger partial charge in [-0.3, -0.25) is 0 Å². The fraction of sp³-hybridized carbons (Fsp3) is 0.438. The number of carbonyl (C=O) groups is 1. The van der Waals surface area contributed by atoms with Crippen LogP contribution in [0.2, 0.25) is 0 Å². The van der Waals surface area contributed by atoms with Gasteiger partial charge in [0.25, 0.3) is 0 Å². The molecule has 0 saturated heterocycles. The number of hydrogen-bond acceptors (Lipinski definition) is 3. The fourth-order valence-electron chi connectivity index (χ4n) is 2.62. The minimum atomic E-state index is -0.849. The Hall–Kier alpha value is -1.91. The summed E-state index contributed by atoms with van der Waals surface area (Å²) in [7, 11) is 0. The second-order valence-corrected chi connectivity index (χ2v) is 5.73. The number of aliphatic hydroxyl groups is 1. The number of aryl methyl sites for hydroxylation is 1. The molecule has 114 valence electrons. The summed E-state index contributed by atoms with van der Waals surface area (Å²) in [5.41, 5.74) is -0.351. The second kappa shape index (κ2) is 5.84. The van der Waals surface area contributed by atoms with Gasteiger partial charge in [0.05, 0.1) is 6.08 Å². The van der Waals surface area contributed by atoms with Gasteiger partial charge >= 0.3 is 5.97 Å². The summed E-state index contributed by atoms with van der Waals surface area (Å²) in [4.78, 5) is 11.5. The van der Waals surface area contributed by atoms with Crippen LogP contribution in [0.4, 0.5) is 8.78 Å². The van der Waals surface area contributed by atoms with E-state index in [2.05, 4.69) is 0 Å². The first kappa shape index (κ1) is 15.5. The number of ether oxygens (including phenoxy) is 1. The maximum Gasteiger partial charge on any atom is 0.334 e. The minimum absolute atomic E-state index is 0.0228. The number of carbonyl (C=O) groups excluding carboxylic acids is 1. The van der Waals surface area contributed by atoms with Crippen LogP contribution in [-0.4, -0.2) is 16.7 Å². The molecule has 0 saturated carbocycles. The molecule has 5 heteroatoms. The Bertz CT molecular complexity index is 561. The molecule has 0 radical (unpaired) electrons. The lowest BCUT2D eigenvalue weighted by atomic mass is 9.80. The maximum atomic E-state index is 13.2. The summed E-state index contributed by atoms with van der Waals surface area (Å²) in [6.07, 6.45) is 2.02. The van der Waals surface area contributed by atoms with Gasteiger partial charge in [-0.05, 0) is 36.5 Å². The third-order valence-electron chi connectivity index (χ3n) is 3.88. The van der Waals surface area contributed by atoms with E-state index in [0.717, 1.165) is 12.1 Å². The molecule has 0 spiro atoms. The summed E-state index contributed by atoms with van der Waals surface area (Å²) >= 11 is 0. The van der Waals surface area contributed by atoms with Crippen LogP contribution in [0.25, 0.3) is 0 Å². The van der Waals surface area contributed by atoms with Crippen molar-refractivity contribution in [2.24, 2.45) is 5.92 Å². The van der Waals surface area contributed by atoms with E-state index in [0.29, 0.717) is 18.4 Å². The lowest BCUT2D eigenvalue weighted by Gasteiger charge is -2.39. The van der Waals surface area contributed by atoms with E-state index in [-0.39, 0.29) is 18.1 Å². The molecule has 1 aliphatic heterocycles. The second-order valence-electron chi connectivity index (χ2n) is 5.73. The SMILES string of the molecule is CC(C)C1(CCc2cc(F)cc(F)c2)CC(O)=CC(=O)O1. The highest BCUT2D eigenvalue weighted by Gasteiger charge is 2.41. The maximum absolute atomic E-state index is 13.2. The van der Waals surface area contributed by atoms with Crippen LogP contribution in [-0.2, 0) is 16.0 Å². The molecule has 1 aromatic rings. The predicted octanol–water partition coefficient (Wildman–Crippen LogP) is 3.68. The zero-order chi connectivity index (χ0) is 15.6. The number of cyclic esters (lactones) is 1. The molecule has 1 heterocycles. The molecule has 2 rings (SSSR count). The highest BCUT2D eigenvalue weighted by atomic mass is 19.1. The van der Waals surface area contributed by atoms with Crippen LogP contribution < -0.4 is 0 Å². The number of halogens is 2. The van der Waals surface area contributed by atoms with Gasteiger partial charge in [-0.1, -0.05) is 13.8 Å². The smallest absolute Gasteiger partial charge is 0.334 e. The van der Waals surface area contributed by atoms with Gasteiger partial charge in [-0.15, -0.1) is 0 Å². The summed E-state index contributed by atoms with van der Waals surface area (Å²) in [6, 6.07) is 3.34. The molecule has 1 N–H and O–H groups in total. The largest absolute Gasteiger partial charge is 0.512 e. The Labute approximate surface area is 122 Å². The van der Waals surface area contributed by atoms with E-state index in [1.165, 1.54) is 12.1 Å². The number of hydrogen-bond donors (Lipinski definition) is 1. The number of esters is 1. The molecule has 0 aliphatic carbocycles. The highest BCUT2D eigenvalue weighted by molar-refractivity contribution is 5.83. The van der Waals surface area contributed by atoms with Crippen LogP contribution in [0, 0.1) is 17.6 Å². The lowest BCUT2D eigenvalue weighted by molar-refractivity contribution is -0.163. The summed E-state index contributed by atoms with van der Waals surface area (Å²) < 4.78 is 31.8. The molecule has 1 aromatic carbocycles. The molecule has 21 heavy (non-hydrogen) atoms. The lowest BCUT2D eigenvalue weighted by Crippen LogP contribution is -2.43. The Balaban J connectivity index is 2.18. The van der Waals surface area contributed by atoms with Gasteiger partial charge in [0, 0.05) is 12.5 Å². The van der Waals surface area contributed by atoms with Gasteiger partial charge in [0.15, 0.2) is 0 Å². The van der Waals surface area contributed by atoms with Crippen LogP contribution in [0.1, 0.15) is 32.3 Å². The highest BCUT2D eigenvalue weighted by Crippen LogP contribution is 2.36. The van der Waals surface area contributed by atoms with Crippen LogP contribution >= 0.6 is 0 Å². The first-order valence-electron chi connectivity index (χ1n) is 6.88. The van der Waals surface area contributed by atoms with Crippen molar-refractivity contribution in [1.82, 2.24) is 0 Å². The molecular formula is C16H18F2O3. The van der Waals surface area contributed by atoms with Gasteiger partial charge in [-0.2, -0.15) is 0 Å². The Morgan fingerprint density at radius 1 is 1.29 bits per heavy atom. The van der Waals surface area contributed by atoms with E-state index < -0.39 is 23.2 Å². The Morgan fingerprint density at radius 3 is 2.43 bits per heavy atom. The third kappa shape index (κ3) is 3.60. The Kier molecular flexibility index (Phi) is 4.30.